The second kappa shape index (κ2) is 3.86. The average Bonchev–Trinajstić information content (AvgIpc) is 1.69. The molecule has 0 heterocycles. The van der Waals surface area contributed by atoms with Gasteiger partial charge in [0, 0.05) is 21.1 Å². The van der Waals surface area contributed by atoms with Gasteiger partial charge in [-0.2, -0.15) is 35.9 Å². The maximum absolute atomic E-state index is 5.34. The van der Waals surface area contributed by atoms with E-state index in [0.717, 1.165) is 5.56 Å². The summed E-state index contributed by atoms with van der Waals surface area (Å²) < 4.78 is 0. The summed E-state index contributed by atoms with van der Waals surface area (Å²) in [4.78, 5) is 0. The maximum Gasteiger partial charge on any atom is 0 e. The molecule has 0 bridgehead atoms. The molecule has 40 valence electrons. The predicted molar refractivity (Wildman–Crippen MR) is 28.7 cm³/mol. The zero-order valence-electron chi connectivity index (χ0n) is 4.29. The summed E-state index contributed by atoms with van der Waals surface area (Å²) in [6.45, 7) is 5.34. The third-order valence-electron chi connectivity index (χ3n) is 0.744. The summed E-state index contributed by atoms with van der Waals surface area (Å²) in [7, 11) is 0. The fraction of sp³-hybridized carbons (Fsp3) is 0. The van der Waals surface area contributed by atoms with Crippen LogP contribution in [0.1, 0.15) is 5.56 Å². The summed E-state index contributed by atoms with van der Waals surface area (Å²) in [5.41, 5.74) is 0.791. The van der Waals surface area contributed by atoms with Gasteiger partial charge in [0.25, 0.3) is 0 Å². The minimum atomic E-state index is 0. The third kappa shape index (κ3) is 2.28. The Hall–Kier alpha value is -0.0917. The van der Waals surface area contributed by atoms with Crippen molar-refractivity contribution in [1.82, 2.24) is 0 Å². The smallest absolute Gasteiger partial charge is 0 e. The van der Waals surface area contributed by atoms with Crippen molar-refractivity contribution in [3.05, 3.63) is 42.8 Å². The minimum absolute atomic E-state index is 0. The molecule has 0 atom stereocenters. The molecule has 0 nitrogen and oxygen atoms in total. The van der Waals surface area contributed by atoms with Gasteiger partial charge in [0.1, 0.15) is 0 Å². The zero-order chi connectivity index (χ0) is 5.11. The van der Waals surface area contributed by atoms with Crippen molar-refractivity contribution in [2.24, 2.45) is 0 Å². The summed E-state index contributed by atoms with van der Waals surface area (Å²) >= 11 is 0. The Kier molecular flexibility index (Phi) is 3.81. The van der Waals surface area contributed by atoms with E-state index in [4.69, 9.17) is 6.92 Å². The number of hydrogen-bond acceptors (Lipinski definition) is 0. The van der Waals surface area contributed by atoms with E-state index in [9.17, 15) is 0 Å². The van der Waals surface area contributed by atoms with Gasteiger partial charge in [0.05, 0.1) is 0 Å². The van der Waals surface area contributed by atoms with Crippen LogP contribution in [-0.4, -0.2) is 0 Å². The topological polar surface area (TPSA) is 0 Å². The maximum atomic E-state index is 5.34. The van der Waals surface area contributed by atoms with Crippen molar-refractivity contribution in [3.63, 3.8) is 0 Å². The molecule has 0 saturated carbocycles. The molecular weight excluding hydrogens is 268 g/mol. The Balaban J connectivity index is 0.000000490. The van der Waals surface area contributed by atoms with E-state index < -0.39 is 0 Å². The molecule has 0 aliphatic heterocycles. The van der Waals surface area contributed by atoms with Crippen LogP contribution in [-0.2, 0) is 21.1 Å². The molecule has 0 aliphatic rings. The molecular formula is C7H5W-. The van der Waals surface area contributed by atoms with Gasteiger partial charge in [-0.1, -0.05) is 0 Å². The number of hydrogen-bond donors (Lipinski definition) is 0. The largest absolute Gasteiger partial charge is 0.184 e. The van der Waals surface area contributed by atoms with Crippen molar-refractivity contribution < 1.29 is 21.1 Å². The number of rotatable bonds is 0. The van der Waals surface area contributed by atoms with Crippen LogP contribution in [0.15, 0.2) is 24.3 Å². The van der Waals surface area contributed by atoms with E-state index in [2.05, 4.69) is 6.07 Å². The Bertz CT molecular complexity index is 134. The van der Waals surface area contributed by atoms with Gasteiger partial charge in [0.15, 0.2) is 0 Å². The second-order valence-corrected chi connectivity index (χ2v) is 1.33. The van der Waals surface area contributed by atoms with Crippen LogP contribution in [0.4, 0.5) is 0 Å². The molecule has 1 aromatic rings. The summed E-state index contributed by atoms with van der Waals surface area (Å²) in [5, 5.41) is 0. The normalized spacial score (nSPS) is 7.62. The fourth-order valence-corrected chi connectivity index (χ4v) is 0.400. The standard InChI is InChI=1S/C7H5.W/c1-7-5-3-2-4-6-7;/h1,3-6H;/q-1;. The van der Waals surface area contributed by atoms with E-state index in [-0.39, 0.29) is 21.1 Å². The molecule has 1 aromatic carbocycles. The van der Waals surface area contributed by atoms with Gasteiger partial charge in [-0.15, -0.1) is 0 Å². The van der Waals surface area contributed by atoms with Gasteiger partial charge >= 0.3 is 0 Å². The molecule has 0 unspecified atom stereocenters. The Morgan fingerprint density at radius 1 is 1.25 bits per heavy atom. The van der Waals surface area contributed by atoms with Crippen molar-refractivity contribution in [2.45, 2.75) is 0 Å². The van der Waals surface area contributed by atoms with Crippen LogP contribution in [0.2, 0.25) is 0 Å². The quantitative estimate of drug-likeness (QED) is 0.629. The summed E-state index contributed by atoms with van der Waals surface area (Å²) in [6.07, 6.45) is 0. The Morgan fingerprint density at radius 2 is 1.75 bits per heavy atom. The molecule has 0 fully saturated rings. The molecule has 1 heteroatoms. The van der Waals surface area contributed by atoms with Crippen LogP contribution in [0, 0.1) is 13.0 Å². The predicted octanol–water partition coefficient (Wildman–Crippen LogP) is 1.54. The van der Waals surface area contributed by atoms with Crippen LogP contribution in [0.25, 0.3) is 0 Å². The van der Waals surface area contributed by atoms with E-state index >= 15 is 0 Å². The molecule has 0 saturated heterocycles. The monoisotopic (exact) mass is 273 g/mol. The molecule has 0 amide bonds. The van der Waals surface area contributed by atoms with Gasteiger partial charge in [0.2, 0.25) is 0 Å². The summed E-state index contributed by atoms with van der Waals surface area (Å²) in [6, 6.07) is 10.0. The van der Waals surface area contributed by atoms with Gasteiger partial charge in [-0.3, -0.25) is 0 Å². The van der Waals surface area contributed by atoms with Crippen molar-refractivity contribution in [2.75, 3.05) is 0 Å². The molecule has 0 aliphatic carbocycles. The van der Waals surface area contributed by atoms with Crippen molar-refractivity contribution >= 4 is 0 Å². The molecule has 1 rings (SSSR count). The van der Waals surface area contributed by atoms with Crippen LogP contribution < -0.4 is 0 Å². The van der Waals surface area contributed by atoms with E-state index in [1.165, 1.54) is 0 Å². The molecule has 0 spiro atoms. The first kappa shape index (κ1) is 7.91. The second-order valence-electron chi connectivity index (χ2n) is 1.33. The Labute approximate surface area is 64.2 Å². The van der Waals surface area contributed by atoms with Crippen molar-refractivity contribution in [3.8, 4) is 0 Å². The first-order chi connectivity index (χ1) is 3.39. The van der Waals surface area contributed by atoms with Gasteiger partial charge < -0.3 is 0 Å². The third-order valence-corrected chi connectivity index (χ3v) is 0.744. The zero-order valence-corrected chi connectivity index (χ0v) is 7.23. The first-order valence-corrected chi connectivity index (χ1v) is 2.11. The van der Waals surface area contributed by atoms with Crippen LogP contribution >= 0.6 is 0 Å². The van der Waals surface area contributed by atoms with Gasteiger partial charge in [-0.05, 0) is 6.92 Å². The number of benzene rings is 1. The van der Waals surface area contributed by atoms with E-state index in [0.29, 0.717) is 0 Å². The SMILES string of the molecule is [CH]c1cc[c-]cc1.[W]. The fourth-order valence-electron chi connectivity index (χ4n) is 0.400. The van der Waals surface area contributed by atoms with E-state index in [1.807, 2.05) is 0 Å². The van der Waals surface area contributed by atoms with Crippen LogP contribution in [0.3, 0.4) is 0 Å². The molecule has 8 heavy (non-hydrogen) atoms. The van der Waals surface area contributed by atoms with Gasteiger partial charge in [-0.25, -0.2) is 0 Å². The van der Waals surface area contributed by atoms with E-state index in [1.54, 1.807) is 24.3 Å². The average molecular weight is 273 g/mol. The first-order valence-electron chi connectivity index (χ1n) is 2.11. The molecule has 2 radical (unpaired) electrons. The minimum Gasteiger partial charge on any atom is -0.184 e. The van der Waals surface area contributed by atoms with Crippen molar-refractivity contribution in [1.29, 1.82) is 0 Å². The Morgan fingerprint density at radius 3 is 2.00 bits per heavy atom. The van der Waals surface area contributed by atoms with Crippen LogP contribution in [0.5, 0.6) is 0 Å². The summed E-state index contributed by atoms with van der Waals surface area (Å²) in [5.74, 6) is 0. The molecule has 0 aromatic heterocycles. The molecule has 0 N–H and O–H groups in total.